The van der Waals surface area contributed by atoms with Gasteiger partial charge in [0.1, 0.15) is 11.8 Å². The maximum Gasteiger partial charge on any atom is 0.321 e. The molecule has 0 spiro atoms. The predicted molar refractivity (Wildman–Crippen MR) is 112 cm³/mol. The number of aromatic hydroxyl groups is 1. The van der Waals surface area contributed by atoms with Crippen LogP contribution in [0.3, 0.4) is 0 Å². The fourth-order valence-electron chi connectivity index (χ4n) is 3.56. The number of carbonyl (C=O) groups is 1. The summed E-state index contributed by atoms with van der Waals surface area (Å²) >= 11 is 0. The molecule has 0 radical (unpaired) electrons. The van der Waals surface area contributed by atoms with Crippen LogP contribution in [0.1, 0.15) is 83.6 Å². The molecule has 1 unspecified atom stereocenters. The Hall–Kier alpha value is -1.55. The van der Waals surface area contributed by atoms with Crippen molar-refractivity contribution >= 4 is 5.97 Å². The first-order valence-electron chi connectivity index (χ1n) is 10.8. The Morgan fingerprint density at radius 2 is 1.41 bits per heavy atom. The van der Waals surface area contributed by atoms with Gasteiger partial charge in [0.2, 0.25) is 0 Å². The molecule has 2 N–H and O–H groups in total. The van der Waals surface area contributed by atoms with Crippen LogP contribution in [-0.4, -0.2) is 40.2 Å². The standard InChI is InChI=1S/C23H39NO3/c1-3-5-6-7-8-9-10-11-12-13-18-24(4-2)22(23(26)27)19-20-14-16-21(25)17-15-20/h14-17,22,25H,3-13,18-19H2,1-2H3,(H,26,27). The molecule has 1 atom stereocenters. The van der Waals surface area contributed by atoms with E-state index in [9.17, 15) is 15.0 Å². The van der Waals surface area contributed by atoms with Crippen LogP contribution in [0.5, 0.6) is 5.75 Å². The smallest absolute Gasteiger partial charge is 0.321 e. The molecule has 154 valence electrons. The number of likely N-dealkylation sites (N-methyl/N-ethyl adjacent to an activating group) is 1. The van der Waals surface area contributed by atoms with Crippen molar-refractivity contribution < 1.29 is 15.0 Å². The van der Waals surface area contributed by atoms with Gasteiger partial charge < -0.3 is 10.2 Å². The molecular weight excluding hydrogens is 338 g/mol. The zero-order valence-electron chi connectivity index (χ0n) is 17.3. The van der Waals surface area contributed by atoms with E-state index in [4.69, 9.17) is 0 Å². The highest BCUT2D eigenvalue weighted by Crippen LogP contribution is 2.16. The normalized spacial score (nSPS) is 12.4. The van der Waals surface area contributed by atoms with Crippen LogP contribution >= 0.6 is 0 Å². The van der Waals surface area contributed by atoms with Gasteiger partial charge in [0.05, 0.1) is 0 Å². The highest BCUT2D eigenvalue weighted by atomic mass is 16.4. The Labute approximate surface area is 165 Å². The summed E-state index contributed by atoms with van der Waals surface area (Å²) in [4.78, 5) is 13.8. The summed E-state index contributed by atoms with van der Waals surface area (Å²) in [6, 6.07) is 6.34. The van der Waals surface area contributed by atoms with Crippen LogP contribution in [0.25, 0.3) is 0 Å². The Bertz CT molecular complexity index is 501. The third-order valence-electron chi connectivity index (χ3n) is 5.30. The van der Waals surface area contributed by atoms with Crippen LogP contribution in [0, 0.1) is 0 Å². The van der Waals surface area contributed by atoms with Gasteiger partial charge in [-0.1, -0.05) is 83.8 Å². The van der Waals surface area contributed by atoms with Gasteiger partial charge in [-0.25, -0.2) is 0 Å². The monoisotopic (exact) mass is 377 g/mol. The zero-order valence-corrected chi connectivity index (χ0v) is 17.3. The van der Waals surface area contributed by atoms with E-state index in [2.05, 4.69) is 11.8 Å². The van der Waals surface area contributed by atoms with Gasteiger partial charge in [-0.05, 0) is 43.6 Å². The summed E-state index contributed by atoms with van der Waals surface area (Å²) in [5, 5.41) is 19.0. The molecule has 1 aromatic carbocycles. The minimum atomic E-state index is -0.767. The summed E-state index contributed by atoms with van der Waals surface area (Å²) in [6.07, 6.45) is 13.4. The molecule has 0 aliphatic rings. The van der Waals surface area contributed by atoms with Crippen LogP contribution in [0.15, 0.2) is 24.3 Å². The molecule has 0 saturated heterocycles. The summed E-state index contributed by atoms with van der Waals surface area (Å²) < 4.78 is 0. The molecule has 1 aromatic rings. The van der Waals surface area contributed by atoms with Crippen molar-refractivity contribution in [3.8, 4) is 5.75 Å². The first-order valence-corrected chi connectivity index (χ1v) is 10.8. The number of phenols is 1. The van der Waals surface area contributed by atoms with E-state index in [-0.39, 0.29) is 5.75 Å². The maximum absolute atomic E-state index is 11.8. The fraction of sp³-hybridized carbons (Fsp3) is 0.696. The summed E-state index contributed by atoms with van der Waals surface area (Å²) in [7, 11) is 0. The van der Waals surface area contributed by atoms with Crippen molar-refractivity contribution in [3.05, 3.63) is 29.8 Å². The highest BCUT2D eigenvalue weighted by molar-refractivity contribution is 5.74. The molecule has 1 rings (SSSR count). The first kappa shape index (κ1) is 23.5. The predicted octanol–water partition coefficient (Wildman–Crippen LogP) is 5.63. The zero-order chi connectivity index (χ0) is 19.9. The van der Waals surface area contributed by atoms with Gasteiger partial charge in [-0.3, -0.25) is 9.69 Å². The van der Waals surface area contributed by atoms with Crippen molar-refractivity contribution in [2.45, 2.75) is 90.5 Å². The van der Waals surface area contributed by atoms with E-state index < -0.39 is 12.0 Å². The summed E-state index contributed by atoms with van der Waals surface area (Å²) in [5.41, 5.74) is 0.946. The van der Waals surface area contributed by atoms with Crippen molar-refractivity contribution in [1.82, 2.24) is 4.90 Å². The number of rotatable bonds is 16. The van der Waals surface area contributed by atoms with Gasteiger partial charge >= 0.3 is 5.97 Å². The van der Waals surface area contributed by atoms with E-state index in [1.807, 2.05) is 6.92 Å². The van der Waals surface area contributed by atoms with E-state index >= 15 is 0 Å². The van der Waals surface area contributed by atoms with Crippen LogP contribution in [0.4, 0.5) is 0 Å². The Morgan fingerprint density at radius 3 is 1.89 bits per heavy atom. The molecule has 0 fully saturated rings. The Kier molecular flexibility index (Phi) is 12.6. The summed E-state index contributed by atoms with van der Waals surface area (Å²) in [5.74, 6) is -0.555. The number of phenolic OH excluding ortho intramolecular Hbond substituents is 1. The molecule has 0 amide bonds. The lowest BCUT2D eigenvalue weighted by atomic mass is 10.0. The molecule has 0 saturated carbocycles. The fourth-order valence-corrected chi connectivity index (χ4v) is 3.56. The Morgan fingerprint density at radius 1 is 0.889 bits per heavy atom. The number of hydrogen-bond donors (Lipinski definition) is 2. The third-order valence-corrected chi connectivity index (χ3v) is 5.30. The van der Waals surface area contributed by atoms with Crippen LogP contribution < -0.4 is 0 Å². The van der Waals surface area contributed by atoms with Gasteiger partial charge in [0.25, 0.3) is 0 Å². The molecule has 0 heterocycles. The van der Waals surface area contributed by atoms with E-state index in [1.54, 1.807) is 24.3 Å². The second kappa shape index (κ2) is 14.5. The number of carboxylic acids is 1. The van der Waals surface area contributed by atoms with Gasteiger partial charge in [-0.2, -0.15) is 0 Å². The largest absolute Gasteiger partial charge is 0.508 e. The topological polar surface area (TPSA) is 60.8 Å². The van der Waals surface area contributed by atoms with Crippen molar-refractivity contribution in [2.24, 2.45) is 0 Å². The van der Waals surface area contributed by atoms with E-state index in [0.717, 1.165) is 25.1 Å². The van der Waals surface area contributed by atoms with E-state index in [1.165, 1.54) is 57.8 Å². The van der Waals surface area contributed by atoms with Crippen LogP contribution in [0.2, 0.25) is 0 Å². The third kappa shape index (κ3) is 10.4. The minimum absolute atomic E-state index is 0.211. The lowest BCUT2D eigenvalue weighted by Gasteiger charge is -2.27. The van der Waals surface area contributed by atoms with E-state index in [0.29, 0.717) is 6.42 Å². The second-order valence-corrected chi connectivity index (χ2v) is 7.54. The number of aliphatic carboxylic acids is 1. The molecule has 0 bridgehead atoms. The number of hydrogen-bond acceptors (Lipinski definition) is 3. The number of nitrogens with zero attached hydrogens (tertiary/aromatic N) is 1. The molecule has 4 heteroatoms. The average Bonchev–Trinajstić information content (AvgIpc) is 2.66. The second-order valence-electron chi connectivity index (χ2n) is 7.54. The molecule has 27 heavy (non-hydrogen) atoms. The molecule has 0 aromatic heterocycles. The average molecular weight is 378 g/mol. The number of benzene rings is 1. The van der Waals surface area contributed by atoms with Crippen molar-refractivity contribution in [2.75, 3.05) is 13.1 Å². The maximum atomic E-state index is 11.8. The molecule has 0 aliphatic heterocycles. The van der Waals surface area contributed by atoms with Crippen LogP contribution in [-0.2, 0) is 11.2 Å². The van der Waals surface area contributed by atoms with Gasteiger partial charge in [-0.15, -0.1) is 0 Å². The van der Waals surface area contributed by atoms with Gasteiger partial charge in [0, 0.05) is 0 Å². The lowest BCUT2D eigenvalue weighted by molar-refractivity contribution is -0.143. The molecular formula is C23H39NO3. The van der Waals surface area contributed by atoms with Crippen molar-refractivity contribution in [1.29, 1.82) is 0 Å². The van der Waals surface area contributed by atoms with Crippen molar-refractivity contribution in [3.63, 3.8) is 0 Å². The molecule has 4 nitrogen and oxygen atoms in total. The first-order chi connectivity index (χ1) is 13.1. The quantitative estimate of drug-likeness (QED) is 0.366. The Balaban J connectivity index is 2.28. The minimum Gasteiger partial charge on any atom is -0.508 e. The molecule has 0 aliphatic carbocycles. The van der Waals surface area contributed by atoms with Gasteiger partial charge in [0.15, 0.2) is 0 Å². The number of carboxylic acid groups (broad SMARTS) is 1. The number of unbranched alkanes of at least 4 members (excludes halogenated alkanes) is 9. The SMILES string of the molecule is CCCCCCCCCCCCN(CC)C(Cc1ccc(O)cc1)C(=O)O. The lowest BCUT2D eigenvalue weighted by Crippen LogP contribution is -2.43. The summed E-state index contributed by atoms with van der Waals surface area (Å²) in [6.45, 7) is 5.86. The highest BCUT2D eigenvalue weighted by Gasteiger charge is 2.24.